The Morgan fingerprint density at radius 1 is 1.07 bits per heavy atom. The maximum atomic E-state index is 12.0. The van der Waals surface area contributed by atoms with Crippen LogP contribution in [0.15, 0.2) is 35.3 Å². The number of hydrogen-bond donors (Lipinski definition) is 2. The molecule has 0 aliphatic heterocycles. The first-order valence-electron chi connectivity index (χ1n) is 10.4. The second-order valence-corrected chi connectivity index (χ2v) is 7.44. The van der Waals surface area contributed by atoms with Crippen molar-refractivity contribution in [3.05, 3.63) is 35.9 Å². The van der Waals surface area contributed by atoms with Crippen LogP contribution in [0.25, 0.3) is 0 Å². The van der Waals surface area contributed by atoms with Crippen molar-refractivity contribution in [2.75, 3.05) is 40.3 Å². The summed E-state index contributed by atoms with van der Waals surface area (Å²) in [6.45, 7) is 12.1. The first-order chi connectivity index (χ1) is 13.4. The standard InChI is InChI=1S/C22H39N5O.HI/c1-7-27(8-2)16-12-13-18(3)24-22(23-17-21(28)26(5)6)25-19(4)20-14-10-9-11-15-20;/h9-11,14-15,18-19H,7-8,12-13,16-17H2,1-6H3,(H2,23,24,25);1H. The van der Waals surface area contributed by atoms with E-state index in [4.69, 9.17) is 0 Å². The van der Waals surface area contributed by atoms with Crippen LogP contribution in [0, 0.1) is 0 Å². The third-order valence-electron chi connectivity index (χ3n) is 4.91. The SMILES string of the molecule is CCN(CC)CCCC(C)NC(=NCC(=O)N(C)C)NC(C)c1ccccc1.I. The number of nitrogens with zero attached hydrogens (tertiary/aromatic N) is 3. The van der Waals surface area contributed by atoms with Gasteiger partial charge in [0, 0.05) is 20.1 Å². The Balaban J connectivity index is 0.00000784. The summed E-state index contributed by atoms with van der Waals surface area (Å²) in [7, 11) is 3.50. The summed E-state index contributed by atoms with van der Waals surface area (Å²) >= 11 is 0. The highest BCUT2D eigenvalue weighted by Gasteiger charge is 2.12. The molecule has 166 valence electrons. The van der Waals surface area contributed by atoms with Crippen molar-refractivity contribution in [2.45, 2.75) is 52.6 Å². The molecule has 0 aromatic heterocycles. The van der Waals surface area contributed by atoms with Gasteiger partial charge in [0.2, 0.25) is 5.91 Å². The number of aliphatic imine (C=N–C) groups is 1. The summed E-state index contributed by atoms with van der Waals surface area (Å²) in [5, 5.41) is 6.91. The van der Waals surface area contributed by atoms with E-state index in [9.17, 15) is 4.79 Å². The van der Waals surface area contributed by atoms with Gasteiger partial charge in [-0.05, 0) is 51.9 Å². The predicted octanol–water partition coefficient (Wildman–Crippen LogP) is 3.50. The minimum Gasteiger partial charge on any atom is -0.354 e. The number of benzene rings is 1. The molecule has 0 heterocycles. The molecule has 1 aromatic rings. The zero-order valence-electron chi connectivity index (χ0n) is 18.9. The van der Waals surface area contributed by atoms with Crippen molar-refractivity contribution in [1.29, 1.82) is 0 Å². The average molecular weight is 518 g/mol. The molecule has 0 aliphatic carbocycles. The lowest BCUT2D eigenvalue weighted by Crippen LogP contribution is -2.44. The fourth-order valence-electron chi connectivity index (χ4n) is 2.92. The first kappa shape index (κ1) is 27.6. The Morgan fingerprint density at radius 2 is 1.69 bits per heavy atom. The van der Waals surface area contributed by atoms with Gasteiger partial charge >= 0.3 is 0 Å². The average Bonchev–Trinajstić information content (AvgIpc) is 2.69. The van der Waals surface area contributed by atoms with E-state index in [2.05, 4.69) is 60.4 Å². The Kier molecular flexibility index (Phi) is 14.8. The number of likely N-dealkylation sites (N-methyl/N-ethyl adjacent to an activating group) is 1. The summed E-state index contributed by atoms with van der Waals surface area (Å²) in [5.74, 6) is 0.671. The third-order valence-corrected chi connectivity index (χ3v) is 4.91. The zero-order chi connectivity index (χ0) is 20.9. The van der Waals surface area contributed by atoms with Crippen LogP contribution in [0.1, 0.15) is 52.1 Å². The molecule has 2 unspecified atom stereocenters. The van der Waals surface area contributed by atoms with Crippen LogP contribution in [-0.4, -0.2) is 68.0 Å². The van der Waals surface area contributed by atoms with Gasteiger partial charge < -0.3 is 20.4 Å². The number of carbonyl (C=O) groups excluding carboxylic acids is 1. The number of rotatable bonds is 11. The number of nitrogens with one attached hydrogen (secondary N) is 2. The molecule has 1 amide bonds. The summed E-state index contributed by atoms with van der Waals surface area (Å²) < 4.78 is 0. The Bertz CT molecular complexity index is 590. The van der Waals surface area contributed by atoms with Crippen LogP contribution >= 0.6 is 24.0 Å². The maximum absolute atomic E-state index is 12.0. The van der Waals surface area contributed by atoms with Gasteiger partial charge in [0.15, 0.2) is 5.96 Å². The van der Waals surface area contributed by atoms with Crippen molar-refractivity contribution < 1.29 is 4.79 Å². The quantitative estimate of drug-likeness (QED) is 0.268. The zero-order valence-corrected chi connectivity index (χ0v) is 21.3. The molecule has 7 heteroatoms. The molecule has 0 fully saturated rings. The van der Waals surface area contributed by atoms with E-state index in [1.807, 2.05) is 18.2 Å². The van der Waals surface area contributed by atoms with E-state index >= 15 is 0 Å². The fourth-order valence-corrected chi connectivity index (χ4v) is 2.92. The fraction of sp³-hybridized carbons (Fsp3) is 0.636. The van der Waals surface area contributed by atoms with Crippen LogP contribution in [0.2, 0.25) is 0 Å². The number of amides is 1. The molecule has 1 rings (SSSR count). The second-order valence-electron chi connectivity index (χ2n) is 7.44. The minimum atomic E-state index is -0.0114. The van der Waals surface area contributed by atoms with Crippen molar-refractivity contribution >= 4 is 35.8 Å². The normalized spacial score (nSPS) is 13.4. The molecule has 6 nitrogen and oxygen atoms in total. The molecule has 2 atom stereocenters. The van der Waals surface area contributed by atoms with Crippen molar-refractivity contribution in [2.24, 2.45) is 4.99 Å². The van der Waals surface area contributed by atoms with E-state index < -0.39 is 0 Å². The number of guanidine groups is 1. The van der Waals surface area contributed by atoms with Gasteiger partial charge in [0.25, 0.3) is 0 Å². The van der Waals surface area contributed by atoms with E-state index in [-0.39, 0.29) is 48.5 Å². The number of hydrogen-bond acceptors (Lipinski definition) is 3. The third kappa shape index (κ3) is 11.4. The molecular weight excluding hydrogens is 477 g/mol. The number of halogens is 1. The molecule has 0 radical (unpaired) electrons. The summed E-state index contributed by atoms with van der Waals surface area (Å²) in [5.41, 5.74) is 1.19. The lowest BCUT2D eigenvalue weighted by molar-refractivity contribution is -0.127. The van der Waals surface area contributed by atoms with E-state index in [0.29, 0.717) is 5.96 Å². The van der Waals surface area contributed by atoms with Crippen molar-refractivity contribution in [3.63, 3.8) is 0 Å². The largest absolute Gasteiger partial charge is 0.354 e. The lowest BCUT2D eigenvalue weighted by Gasteiger charge is -2.23. The Hall–Kier alpha value is -1.35. The van der Waals surface area contributed by atoms with Gasteiger partial charge in [0.1, 0.15) is 6.54 Å². The van der Waals surface area contributed by atoms with Crippen LogP contribution in [0.3, 0.4) is 0 Å². The van der Waals surface area contributed by atoms with Crippen LogP contribution in [0.4, 0.5) is 0 Å². The second kappa shape index (κ2) is 15.5. The summed E-state index contributed by atoms with van der Waals surface area (Å²) in [6.07, 6.45) is 2.19. The van der Waals surface area contributed by atoms with Crippen molar-refractivity contribution in [3.8, 4) is 0 Å². The smallest absolute Gasteiger partial charge is 0.243 e. The van der Waals surface area contributed by atoms with E-state index in [0.717, 1.165) is 32.5 Å². The molecule has 0 saturated carbocycles. The molecule has 0 bridgehead atoms. The predicted molar refractivity (Wildman–Crippen MR) is 134 cm³/mol. The molecule has 0 aliphatic rings. The van der Waals surface area contributed by atoms with Crippen molar-refractivity contribution in [1.82, 2.24) is 20.4 Å². The van der Waals surface area contributed by atoms with E-state index in [1.54, 1.807) is 19.0 Å². The van der Waals surface area contributed by atoms with Crippen LogP contribution in [0.5, 0.6) is 0 Å². The minimum absolute atomic E-state index is 0. The summed E-state index contributed by atoms with van der Waals surface area (Å²) in [6, 6.07) is 10.6. The van der Waals surface area contributed by atoms with Gasteiger partial charge in [0.05, 0.1) is 6.04 Å². The maximum Gasteiger partial charge on any atom is 0.243 e. The topological polar surface area (TPSA) is 60.0 Å². The number of carbonyl (C=O) groups is 1. The molecular formula is C22H40IN5O. The molecule has 0 saturated heterocycles. The van der Waals surface area contributed by atoms with E-state index in [1.165, 1.54) is 5.56 Å². The van der Waals surface area contributed by atoms with Gasteiger partial charge in [-0.3, -0.25) is 4.79 Å². The highest BCUT2D eigenvalue weighted by atomic mass is 127. The summed E-state index contributed by atoms with van der Waals surface area (Å²) in [4.78, 5) is 20.5. The lowest BCUT2D eigenvalue weighted by atomic mass is 10.1. The van der Waals surface area contributed by atoms with Crippen LogP contribution in [-0.2, 0) is 4.79 Å². The Morgan fingerprint density at radius 3 is 2.24 bits per heavy atom. The first-order valence-corrected chi connectivity index (χ1v) is 10.4. The van der Waals surface area contributed by atoms with Gasteiger partial charge in [-0.2, -0.15) is 0 Å². The highest BCUT2D eigenvalue weighted by molar-refractivity contribution is 14.0. The monoisotopic (exact) mass is 517 g/mol. The molecule has 1 aromatic carbocycles. The van der Waals surface area contributed by atoms with Gasteiger partial charge in [-0.15, -0.1) is 24.0 Å². The molecule has 2 N–H and O–H groups in total. The molecule has 29 heavy (non-hydrogen) atoms. The van der Waals surface area contributed by atoms with Crippen LogP contribution < -0.4 is 10.6 Å². The highest BCUT2D eigenvalue weighted by Crippen LogP contribution is 2.11. The molecule has 0 spiro atoms. The van der Waals surface area contributed by atoms with Gasteiger partial charge in [-0.25, -0.2) is 4.99 Å². The van der Waals surface area contributed by atoms with Gasteiger partial charge in [-0.1, -0.05) is 44.2 Å². The Labute approximate surface area is 194 Å².